The van der Waals surface area contributed by atoms with Gasteiger partial charge < -0.3 is 4.74 Å². The molecule has 0 aromatic heterocycles. The number of aryl methyl sites for hydroxylation is 1. The standard InChI is InChI=1S/C36H34Br2O/c1-3-4-5-6-7-8-19-39-31-17-15-28(16-18-31)36(27-13-9-24(2)10-14-27)32-22-29(37)20-25-11-12-26-21-30(38)23-33(36)35(26)34(25)32/h9-18,20-23H,3-8,19H2,1-2H3. The third-order valence-electron chi connectivity index (χ3n) is 8.31. The molecule has 39 heavy (non-hydrogen) atoms. The lowest BCUT2D eigenvalue weighted by Gasteiger charge is -2.34. The highest BCUT2D eigenvalue weighted by atomic mass is 79.9. The molecular formula is C36H34Br2O. The van der Waals surface area contributed by atoms with Gasteiger partial charge in [-0.05, 0) is 93.5 Å². The molecule has 0 radical (unpaired) electrons. The van der Waals surface area contributed by atoms with E-state index in [1.165, 1.54) is 81.5 Å². The Balaban J connectivity index is 1.46. The van der Waals surface area contributed by atoms with Crippen molar-refractivity contribution in [2.45, 2.75) is 57.8 Å². The summed E-state index contributed by atoms with van der Waals surface area (Å²) in [4.78, 5) is 0. The summed E-state index contributed by atoms with van der Waals surface area (Å²) in [5.41, 5.74) is 6.03. The van der Waals surface area contributed by atoms with Gasteiger partial charge in [-0.15, -0.1) is 0 Å². The molecule has 1 aliphatic rings. The second-order valence-electron chi connectivity index (χ2n) is 10.9. The van der Waals surface area contributed by atoms with Gasteiger partial charge in [0, 0.05) is 8.95 Å². The van der Waals surface area contributed by atoms with Gasteiger partial charge >= 0.3 is 0 Å². The van der Waals surface area contributed by atoms with Crippen LogP contribution in [-0.2, 0) is 5.41 Å². The summed E-state index contributed by atoms with van der Waals surface area (Å²) in [5, 5.41) is 5.23. The number of hydrogen-bond acceptors (Lipinski definition) is 1. The molecule has 6 rings (SSSR count). The smallest absolute Gasteiger partial charge is 0.119 e. The monoisotopic (exact) mass is 640 g/mol. The van der Waals surface area contributed by atoms with Crippen LogP contribution in [0.5, 0.6) is 5.75 Å². The molecule has 5 aromatic carbocycles. The summed E-state index contributed by atoms with van der Waals surface area (Å²) in [6, 6.07) is 31.6. The van der Waals surface area contributed by atoms with Gasteiger partial charge in [0.1, 0.15) is 5.75 Å². The summed E-state index contributed by atoms with van der Waals surface area (Å²) in [6.45, 7) is 5.20. The molecule has 0 heterocycles. The van der Waals surface area contributed by atoms with Crippen molar-refractivity contribution >= 4 is 53.4 Å². The van der Waals surface area contributed by atoms with E-state index in [9.17, 15) is 0 Å². The third kappa shape index (κ3) is 4.72. The Morgan fingerprint density at radius 2 is 1.13 bits per heavy atom. The van der Waals surface area contributed by atoms with Crippen LogP contribution in [0.3, 0.4) is 0 Å². The number of unbranched alkanes of at least 4 members (excludes halogenated alkanes) is 5. The fraction of sp³-hybridized carbons (Fsp3) is 0.278. The zero-order valence-electron chi connectivity index (χ0n) is 22.7. The van der Waals surface area contributed by atoms with Crippen molar-refractivity contribution in [1.82, 2.24) is 0 Å². The van der Waals surface area contributed by atoms with Gasteiger partial charge in [-0.25, -0.2) is 0 Å². The van der Waals surface area contributed by atoms with Crippen molar-refractivity contribution in [2.75, 3.05) is 6.61 Å². The molecule has 0 atom stereocenters. The first-order valence-electron chi connectivity index (χ1n) is 14.2. The summed E-state index contributed by atoms with van der Waals surface area (Å²) in [6.07, 6.45) is 7.61. The van der Waals surface area contributed by atoms with Crippen molar-refractivity contribution in [2.24, 2.45) is 0 Å². The lowest BCUT2D eigenvalue weighted by atomic mass is 9.67. The number of hydrogen-bond donors (Lipinski definition) is 0. The topological polar surface area (TPSA) is 9.23 Å². The van der Waals surface area contributed by atoms with E-state index in [-0.39, 0.29) is 0 Å². The van der Waals surface area contributed by atoms with Gasteiger partial charge in [0.25, 0.3) is 0 Å². The molecule has 0 saturated carbocycles. The highest BCUT2D eigenvalue weighted by Crippen LogP contribution is 2.57. The third-order valence-corrected chi connectivity index (χ3v) is 9.22. The van der Waals surface area contributed by atoms with Crippen LogP contribution in [0.1, 0.15) is 73.3 Å². The zero-order chi connectivity index (χ0) is 27.0. The van der Waals surface area contributed by atoms with Crippen LogP contribution >= 0.6 is 31.9 Å². The van der Waals surface area contributed by atoms with Crippen LogP contribution in [0.25, 0.3) is 21.5 Å². The predicted octanol–water partition coefficient (Wildman–Crippen LogP) is 11.3. The van der Waals surface area contributed by atoms with E-state index in [2.05, 4.69) is 131 Å². The van der Waals surface area contributed by atoms with Crippen LogP contribution in [0.4, 0.5) is 0 Å². The van der Waals surface area contributed by atoms with Gasteiger partial charge in [-0.3, -0.25) is 0 Å². The van der Waals surface area contributed by atoms with Crippen molar-refractivity contribution in [3.63, 3.8) is 0 Å². The molecule has 0 aliphatic heterocycles. The minimum Gasteiger partial charge on any atom is -0.494 e. The van der Waals surface area contributed by atoms with E-state index in [1.54, 1.807) is 0 Å². The highest BCUT2D eigenvalue weighted by molar-refractivity contribution is 9.10. The van der Waals surface area contributed by atoms with E-state index in [4.69, 9.17) is 4.74 Å². The van der Waals surface area contributed by atoms with Gasteiger partial charge in [0.2, 0.25) is 0 Å². The molecule has 0 spiro atoms. The maximum atomic E-state index is 6.18. The van der Waals surface area contributed by atoms with Gasteiger partial charge in [-0.2, -0.15) is 0 Å². The Bertz CT molecular complexity index is 1570. The van der Waals surface area contributed by atoms with Crippen LogP contribution in [0.2, 0.25) is 0 Å². The molecule has 0 fully saturated rings. The molecule has 1 nitrogen and oxygen atoms in total. The van der Waals surface area contributed by atoms with E-state index < -0.39 is 5.41 Å². The van der Waals surface area contributed by atoms with Gasteiger partial charge in [0.05, 0.1) is 12.0 Å². The van der Waals surface area contributed by atoms with E-state index in [1.807, 2.05) is 0 Å². The fourth-order valence-electron chi connectivity index (χ4n) is 6.46. The van der Waals surface area contributed by atoms with Crippen LogP contribution in [0.15, 0.2) is 93.9 Å². The molecule has 0 bridgehead atoms. The van der Waals surface area contributed by atoms with Crippen LogP contribution in [-0.4, -0.2) is 6.61 Å². The molecular weight excluding hydrogens is 608 g/mol. The predicted molar refractivity (Wildman–Crippen MR) is 172 cm³/mol. The van der Waals surface area contributed by atoms with Crippen molar-refractivity contribution in [3.8, 4) is 5.75 Å². The Morgan fingerprint density at radius 1 is 0.615 bits per heavy atom. The molecule has 0 N–H and O–H groups in total. The van der Waals surface area contributed by atoms with Crippen molar-refractivity contribution in [1.29, 1.82) is 0 Å². The van der Waals surface area contributed by atoms with Crippen molar-refractivity contribution in [3.05, 3.63) is 122 Å². The molecule has 3 heteroatoms. The first kappa shape index (κ1) is 26.6. The Morgan fingerprint density at radius 3 is 1.69 bits per heavy atom. The van der Waals surface area contributed by atoms with Gasteiger partial charge in [-0.1, -0.05) is 125 Å². The lowest BCUT2D eigenvalue weighted by Crippen LogP contribution is -2.29. The number of benzene rings is 5. The summed E-state index contributed by atoms with van der Waals surface area (Å²) in [5.74, 6) is 0.945. The average molecular weight is 642 g/mol. The summed E-state index contributed by atoms with van der Waals surface area (Å²) in [7, 11) is 0. The maximum Gasteiger partial charge on any atom is 0.119 e. The molecule has 1 aliphatic carbocycles. The normalized spacial score (nSPS) is 13.5. The number of ether oxygens (including phenoxy) is 1. The van der Waals surface area contributed by atoms with Crippen molar-refractivity contribution < 1.29 is 4.74 Å². The second kappa shape index (κ2) is 11.1. The zero-order valence-corrected chi connectivity index (χ0v) is 25.9. The lowest BCUT2D eigenvalue weighted by molar-refractivity contribution is 0.304. The minimum atomic E-state index is -0.431. The average Bonchev–Trinajstić information content (AvgIpc) is 3.22. The molecule has 0 saturated heterocycles. The Labute approximate surface area is 248 Å². The van der Waals surface area contributed by atoms with E-state index in [0.29, 0.717) is 0 Å². The van der Waals surface area contributed by atoms with Crippen LogP contribution in [0, 0.1) is 6.92 Å². The van der Waals surface area contributed by atoms with Gasteiger partial charge in [0.15, 0.2) is 0 Å². The fourth-order valence-corrected chi connectivity index (χ4v) is 7.41. The van der Waals surface area contributed by atoms with E-state index in [0.717, 1.165) is 27.7 Å². The SMILES string of the molecule is CCCCCCCCOc1ccc(C2(c3ccc(C)cc3)c3cc(Br)cc4ccc5cc(Br)cc2c5c34)cc1. The molecule has 0 amide bonds. The van der Waals surface area contributed by atoms with E-state index >= 15 is 0 Å². The largest absolute Gasteiger partial charge is 0.494 e. The molecule has 0 unspecified atom stereocenters. The summed E-state index contributed by atoms with van der Waals surface area (Å²) >= 11 is 7.70. The number of rotatable bonds is 10. The first-order valence-corrected chi connectivity index (χ1v) is 15.8. The Hall–Kier alpha value is -2.62. The second-order valence-corrected chi connectivity index (χ2v) is 12.8. The Kier molecular flexibility index (Phi) is 7.57. The molecule has 5 aromatic rings. The summed E-state index contributed by atoms with van der Waals surface area (Å²) < 4.78 is 8.39. The first-order chi connectivity index (χ1) is 19.0. The minimum absolute atomic E-state index is 0.431. The van der Waals surface area contributed by atoms with Crippen LogP contribution < -0.4 is 4.74 Å². The quantitative estimate of drug-likeness (QED) is 0.107. The highest BCUT2D eigenvalue weighted by Gasteiger charge is 2.45. The number of halogens is 2. The molecule has 198 valence electrons. The maximum absolute atomic E-state index is 6.18.